The first kappa shape index (κ1) is 20.4. The lowest BCUT2D eigenvalue weighted by molar-refractivity contribution is -0.117. The molecule has 146 valence electrons. The van der Waals surface area contributed by atoms with E-state index in [1.807, 2.05) is 61.5 Å². The fraction of sp³-hybridized carbons (Fsp3) is 0.227. The molecule has 1 N–H and O–H groups in total. The second-order valence-corrected chi connectivity index (χ2v) is 8.81. The van der Waals surface area contributed by atoms with Crippen molar-refractivity contribution < 1.29 is 9.53 Å². The zero-order valence-electron chi connectivity index (χ0n) is 15.9. The maximum Gasteiger partial charge on any atom is 0.231 e. The van der Waals surface area contributed by atoms with Gasteiger partial charge in [-0.15, -0.1) is 11.3 Å². The molecule has 0 aliphatic carbocycles. The third kappa shape index (κ3) is 4.94. The molecule has 0 radical (unpaired) electrons. The molecule has 1 amide bonds. The highest BCUT2D eigenvalue weighted by Crippen LogP contribution is 2.36. The first-order chi connectivity index (χ1) is 13.6. The molecule has 6 heteroatoms. The second-order valence-electron chi connectivity index (χ2n) is 6.26. The number of nitrogens with zero attached hydrogens (tertiary/aromatic N) is 1. The molecule has 0 saturated carbocycles. The standard InChI is InChI=1S/C22H23BrN2O2S/c1-3-7-22(26)25(17-8-5-4-6-9-17)19-12-10-16(14-20(19)27-2)24-15-18-11-13-21(23)28-18/h4-6,8-14,24H,3,7,15H2,1-2H3. The van der Waals surface area contributed by atoms with E-state index in [9.17, 15) is 4.79 Å². The van der Waals surface area contributed by atoms with Crippen LogP contribution in [0.15, 0.2) is 64.5 Å². The quantitative estimate of drug-likeness (QED) is 0.413. The zero-order chi connectivity index (χ0) is 19.9. The van der Waals surface area contributed by atoms with Crippen molar-refractivity contribution in [2.24, 2.45) is 0 Å². The van der Waals surface area contributed by atoms with E-state index in [4.69, 9.17) is 4.74 Å². The maximum absolute atomic E-state index is 12.9. The molecule has 28 heavy (non-hydrogen) atoms. The SMILES string of the molecule is CCCC(=O)N(c1ccccc1)c1ccc(NCc2ccc(Br)s2)cc1OC. The van der Waals surface area contributed by atoms with Gasteiger partial charge in [0.2, 0.25) is 5.91 Å². The lowest BCUT2D eigenvalue weighted by Gasteiger charge is -2.25. The number of nitrogens with one attached hydrogen (secondary N) is 1. The summed E-state index contributed by atoms with van der Waals surface area (Å²) in [6, 6.07) is 19.7. The Bertz CT molecular complexity index is 927. The average molecular weight is 459 g/mol. The molecule has 0 fully saturated rings. The Morgan fingerprint density at radius 2 is 1.93 bits per heavy atom. The van der Waals surface area contributed by atoms with Crippen molar-refractivity contribution in [2.75, 3.05) is 17.3 Å². The molecule has 0 aliphatic heterocycles. The highest BCUT2D eigenvalue weighted by Gasteiger charge is 2.21. The number of amides is 1. The van der Waals surface area contributed by atoms with Crippen molar-refractivity contribution in [3.05, 3.63) is 69.3 Å². The van der Waals surface area contributed by atoms with Crippen LogP contribution in [0.5, 0.6) is 5.75 Å². The van der Waals surface area contributed by atoms with Crippen molar-refractivity contribution in [3.63, 3.8) is 0 Å². The monoisotopic (exact) mass is 458 g/mol. The molecule has 0 spiro atoms. The van der Waals surface area contributed by atoms with Gasteiger partial charge in [-0.3, -0.25) is 9.69 Å². The van der Waals surface area contributed by atoms with Crippen molar-refractivity contribution >= 4 is 50.2 Å². The number of anilines is 3. The Morgan fingerprint density at radius 3 is 2.57 bits per heavy atom. The molecule has 3 rings (SSSR count). The van der Waals surface area contributed by atoms with Crippen LogP contribution in [0, 0.1) is 0 Å². The number of hydrogen-bond acceptors (Lipinski definition) is 4. The summed E-state index contributed by atoms with van der Waals surface area (Å²) in [7, 11) is 1.63. The highest BCUT2D eigenvalue weighted by molar-refractivity contribution is 9.11. The fourth-order valence-electron chi connectivity index (χ4n) is 2.93. The molecular weight excluding hydrogens is 436 g/mol. The van der Waals surface area contributed by atoms with E-state index in [-0.39, 0.29) is 5.91 Å². The number of benzene rings is 2. The van der Waals surface area contributed by atoms with E-state index in [0.29, 0.717) is 12.2 Å². The van der Waals surface area contributed by atoms with Gasteiger partial charge in [0.05, 0.1) is 16.6 Å². The van der Waals surface area contributed by atoms with Crippen LogP contribution >= 0.6 is 27.3 Å². The fourth-order valence-corrected chi connectivity index (χ4v) is 4.35. The van der Waals surface area contributed by atoms with Crippen LogP contribution in [0.4, 0.5) is 17.1 Å². The van der Waals surface area contributed by atoms with Gasteiger partial charge in [0.25, 0.3) is 0 Å². The van der Waals surface area contributed by atoms with Crippen LogP contribution in [0.2, 0.25) is 0 Å². The zero-order valence-corrected chi connectivity index (χ0v) is 18.3. The van der Waals surface area contributed by atoms with Crippen LogP contribution < -0.4 is 15.0 Å². The minimum absolute atomic E-state index is 0.0520. The van der Waals surface area contributed by atoms with Crippen molar-refractivity contribution in [1.29, 1.82) is 0 Å². The first-order valence-electron chi connectivity index (χ1n) is 9.16. The molecular formula is C22H23BrN2O2S. The van der Waals surface area contributed by atoms with E-state index < -0.39 is 0 Å². The number of methoxy groups -OCH3 is 1. The lowest BCUT2D eigenvalue weighted by Crippen LogP contribution is -2.26. The number of hydrogen-bond donors (Lipinski definition) is 1. The summed E-state index contributed by atoms with van der Waals surface area (Å²) in [5.74, 6) is 0.710. The normalized spacial score (nSPS) is 10.5. The van der Waals surface area contributed by atoms with Gasteiger partial charge in [-0.05, 0) is 58.7 Å². The van der Waals surface area contributed by atoms with Crippen LogP contribution in [0.3, 0.4) is 0 Å². The Kier molecular flexibility index (Phi) is 7.12. The summed E-state index contributed by atoms with van der Waals surface area (Å²) in [6.45, 7) is 2.74. The molecule has 2 aromatic carbocycles. The van der Waals surface area contributed by atoms with Gasteiger partial charge in [-0.2, -0.15) is 0 Å². The molecule has 3 aromatic rings. The number of para-hydroxylation sites is 1. The number of halogens is 1. The summed E-state index contributed by atoms with van der Waals surface area (Å²) in [4.78, 5) is 15.8. The third-order valence-corrected chi connectivity index (χ3v) is 5.87. The first-order valence-corrected chi connectivity index (χ1v) is 10.8. The number of rotatable bonds is 8. The van der Waals surface area contributed by atoms with Crippen LogP contribution in [-0.2, 0) is 11.3 Å². The topological polar surface area (TPSA) is 41.6 Å². The summed E-state index contributed by atoms with van der Waals surface area (Å²) >= 11 is 5.19. The van der Waals surface area contributed by atoms with Gasteiger partial charge in [0, 0.05) is 35.3 Å². The van der Waals surface area contributed by atoms with Crippen molar-refractivity contribution in [3.8, 4) is 5.75 Å². The Morgan fingerprint density at radius 1 is 1.14 bits per heavy atom. The van der Waals surface area contributed by atoms with Gasteiger partial charge in [0.15, 0.2) is 0 Å². The minimum atomic E-state index is 0.0520. The molecule has 1 aromatic heterocycles. The minimum Gasteiger partial charge on any atom is -0.494 e. The Balaban J connectivity index is 1.88. The largest absolute Gasteiger partial charge is 0.494 e. The smallest absolute Gasteiger partial charge is 0.231 e. The summed E-state index contributed by atoms with van der Waals surface area (Å²) in [5.41, 5.74) is 2.53. The molecule has 0 bridgehead atoms. The molecule has 4 nitrogen and oxygen atoms in total. The second kappa shape index (κ2) is 9.75. The number of thiophene rings is 1. The molecule has 0 atom stereocenters. The number of ether oxygens (including phenoxy) is 1. The molecule has 0 unspecified atom stereocenters. The summed E-state index contributed by atoms with van der Waals surface area (Å²) < 4.78 is 6.75. The van der Waals surface area contributed by atoms with Gasteiger partial charge in [0.1, 0.15) is 5.75 Å². The Hall–Kier alpha value is -2.31. The van der Waals surface area contributed by atoms with E-state index in [2.05, 4.69) is 27.3 Å². The van der Waals surface area contributed by atoms with Crippen LogP contribution in [0.25, 0.3) is 0 Å². The van der Waals surface area contributed by atoms with Gasteiger partial charge in [-0.1, -0.05) is 25.1 Å². The van der Waals surface area contributed by atoms with Crippen LogP contribution in [0.1, 0.15) is 24.6 Å². The van der Waals surface area contributed by atoms with E-state index in [1.54, 1.807) is 23.3 Å². The van der Waals surface area contributed by atoms with Gasteiger partial charge >= 0.3 is 0 Å². The van der Waals surface area contributed by atoms with Crippen LogP contribution in [-0.4, -0.2) is 13.0 Å². The van der Waals surface area contributed by atoms with E-state index in [1.165, 1.54) is 4.88 Å². The third-order valence-electron chi connectivity index (χ3n) is 4.24. The number of carbonyl (C=O) groups is 1. The average Bonchev–Trinajstić information content (AvgIpc) is 3.13. The number of carbonyl (C=O) groups excluding carboxylic acids is 1. The predicted octanol–water partition coefficient (Wildman–Crippen LogP) is 6.60. The molecule has 0 saturated heterocycles. The van der Waals surface area contributed by atoms with Gasteiger partial charge < -0.3 is 10.1 Å². The Labute approximate surface area is 178 Å². The van der Waals surface area contributed by atoms with Crippen molar-refractivity contribution in [2.45, 2.75) is 26.3 Å². The maximum atomic E-state index is 12.9. The van der Waals surface area contributed by atoms with E-state index in [0.717, 1.165) is 33.8 Å². The lowest BCUT2D eigenvalue weighted by atomic mass is 10.1. The van der Waals surface area contributed by atoms with E-state index >= 15 is 0 Å². The summed E-state index contributed by atoms with van der Waals surface area (Å²) in [6.07, 6.45) is 1.27. The van der Waals surface area contributed by atoms with Crippen molar-refractivity contribution in [1.82, 2.24) is 0 Å². The van der Waals surface area contributed by atoms with Gasteiger partial charge in [-0.25, -0.2) is 0 Å². The molecule has 1 heterocycles. The summed E-state index contributed by atoms with van der Waals surface area (Å²) in [5, 5.41) is 3.42. The highest BCUT2D eigenvalue weighted by atomic mass is 79.9. The predicted molar refractivity (Wildman–Crippen MR) is 121 cm³/mol. The molecule has 0 aliphatic rings.